The average molecular weight is 349 g/mol. The van der Waals surface area contributed by atoms with Crippen LogP contribution < -0.4 is 5.73 Å². The van der Waals surface area contributed by atoms with Crippen LogP contribution in [0.2, 0.25) is 5.02 Å². The van der Waals surface area contributed by atoms with Gasteiger partial charge in [-0.15, -0.1) is 12.4 Å². The zero-order chi connectivity index (χ0) is 15.2. The largest absolute Gasteiger partial charge is 0.338 e. The first-order chi connectivity index (χ1) is 10.1. The third-order valence-corrected chi connectivity index (χ3v) is 3.39. The van der Waals surface area contributed by atoms with E-state index in [-0.39, 0.29) is 24.8 Å². The van der Waals surface area contributed by atoms with Crippen molar-refractivity contribution in [3.63, 3.8) is 0 Å². The van der Waals surface area contributed by atoms with Crippen molar-refractivity contribution >= 4 is 24.0 Å². The van der Waals surface area contributed by atoms with Crippen LogP contribution in [0, 0.1) is 5.82 Å². The van der Waals surface area contributed by atoms with Crippen molar-refractivity contribution in [2.24, 2.45) is 5.73 Å². The Morgan fingerprint density at radius 2 is 2.14 bits per heavy atom. The molecule has 1 aromatic carbocycles. The van der Waals surface area contributed by atoms with E-state index in [9.17, 15) is 4.39 Å². The van der Waals surface area contributed by atoms with E-state index < -0.39 is 0 Å². The molecular formula is C14H19Cl2FN4O. The molecule has 0 bridgehead atoms. The smallest absolute Gasteiger partial charge is 0.240 e. The maximum atomic E-state index is 13.9. The van der Waals surface area contributed by atoms with Gasteiger partial charge >= 0.3 is 0 Å². The van der Waals surface area contributed by atoms with Gasteiger partial charge in [-0.25, -0.2) is 4.39 Å². The van der Waals surface area contributed by atoms with Gasteiger partial charge < -0.3 is 10.3 Å². The Bertz CT molecular complexity index is 574. The molecule has 0 unspecified atom stereocenters. The molecule has 5 nitrogen and oxygen atoms in total. The second kappa shape index (κ2) is 9.05. The van der Waals surface area contributed by atoms with Crippen molar-refractivity contribution in [1.29, 1.82) is 0 Å². The fraction of sp³-hybridized carbons (Fsp3) is 0.429. The topological polar surface area (TPSA) is 68.2 Å². The van der Waals surface area contributed by atoms with Crippen LogP contribution in [0.1, 0.15) is 30.6 Å². The molecule has 1 aromatic heterocycles. The number of aromatic nitrogens is 2. The van der Waals surface area contributed by atoms with E-state index in [2.05, 4.69) is 17.1 Å². The van der Waals surface area contributed by atoms with Gasteiger partial charge in [-0.1, -0.05) is 29.7 Å². The Kier molecular flexibility index (Phi) is 7.75. The number of hydrogen-bond donors (Lipinski definition) is 1. The third-order valence-electron chi connectivity index (χ3n) is 3.03. The Morgan fingerprint density at radius 1 is 1.36 bits per heavy atom. The Hall–Kier alpha value is -1.21. The minimum Gasteiger partial charge on any atom is -0.338 e. The fourth-order valence-corrected chi connectivity index (χ4v) is 2.30. The van der Waals surface area contributed by atoms with Gasteiger partial charge in [0.05, 0.1) is 13.1 Å². The van der Waals surface area contributed by atoms with E-state index in [4.69, 9.17) is 21.9 Å². The van der Waals surface area contributed by atoms with Crippen molar-refractivity contribution in [1.82, 2.24) is 15.0 Å². The molecule has 2 aromatic rings. The molecule has 0 atom stereocenters. The molecule has 1 heterocycles. The van der Waals surface area contributed by atoms with Gasteiger partial charge in [0.1, 0.15) is 5.82 Å². The van der Waals surface area contributed by atoms with Gasteiger partial charge in [0, 0.05) is 17.1 Å². The molecule has 0 aliphatic carbocycles. The van der Waals surface area contributed by atoms with E-state index in [1.165, 1.54) is 6.07 Å². The summed E-state index contributed by atoms with van der Waals surface area (Å²) in [6.45, 7) is 3.89. The normalized spacial score (nSPS) is 10.8. The zero-order valence-electron chi connectivity index (χ0n) is 12.3. The summed E-state index contributed by atoms with van der Waals surface area (Å²) in [4.78, 5) is 6.19. The highest BCUT2D eigenvalue weighted by molar-refractivity contribution is 6.31. The van der Waals surface area contributed by atoms with Crippen LogP contribution >= 0.6 is 24.0 Å². The molecule has 0 aliphatic rings. The molecule has 2 rings (SSSR count). The Morgan fingerprint density at radius 3 is 2.73 bits per heavy atom. The summed E-state index contributed by atoms with van der Waals surface area (Å²) >= 11 is 6.07. The van der Waals surface area contributed by atoms with Crippen molar-refractivity contribution in [2.45, 2.75) is 33.0 Å². The summed E-state index contributed by atoms with van der Waals surface area (Å²) in [5, 5.41) is 4.28. The maximum Gasteiger partial charge on any atom is 0.240 e. The minimum absolute atomic E-state index is 0. The summed E-state index contributed by atoms with van der Waals surface area (Å²) in [7, 11) is 0. The van der Waals surface area contributed by atoms with Gasteiger partial charge in [0.2, 0.25) is 5.89 Å². The first-order valence-corrected chi connectivity index (χ1v) is 7.18. The van der Waals surface area contributed by atoms with Gasteiger partial charge in [0.25, 0.3) is 0 Å². The summed E-state index contributed by atoms with van der Waals surface area (Å²) in [5.41, 5.74) is 5.92. The summed E-state index contributed by atoms with van der Waals surface area (Å²) in [5.74, 6) is 0.626. The van der Waals surface area contributed by atoms with Gasteiger partial charge in [-0.3, -0.25) is 4.90 Å². The maximum absolute atomic E-state index is 13.9. The second-order valence-electron chi connectivity index (χ2n) is 4.72. The molecule has 0 radical (unpaired) electrons. The monoisotopic (exact) mass is 348 g/mol. The molecule has 0 fully saturated rings. The van der Waals surface area contributed by atoms with Crippen molar-refractivity contribution < 1.29 is 8.91 Å². The molecule has 0 amide bonds. The van der Waals surface area contributed by atoms with Gasteiger partial charge in [-0.05, 0) is 25.1 Å². The lowest BCUT2D eigenvalue weighted by atomic mass is 10.2. The van der Waals surface area contributed by atoms with Crippen LogP contribution in [-0.4, -0.2) is 21.6 Å². The first-order valence-electron chi connectivity index (χ1n) is 6.80. The van der Waals surface area contributed by atoms with Crippen LogP contribution in [-0.2, 0) is 19.6 Å². The molecule has 8 heteroatoms. The number of halogens is 3. The highest BCUT2D eigenvalue weighted by Crippen LogP contribution is 2.21. The standard InChI is InChI=1S/C14H18ClFN4O.ClH/c1-2-6-20(9-13-18-14(7-17)21-19-13)8-10-11(15)4-3-5-12(10)16;/h3-5H,2,6-9,17H2,1H3;1H. The number of nitrogens with two attached hydrogens (primary N) is 1. The first kappa shape index (κ1) is 18.8. The number of rotatable bonds is 7. The van der Waals surface area contributed by atoms with Gasteiger partial charge in [-0.2, -0.15) is 4.98 Å². The van der Waals surface area contributed by atoms with Crippen LogP contribution in [0.5, 0.6) is 0 Å². The van der Waals surface area contributed by atoms with Crippen molar-refractivity contribution in [3.8, 4) is 0 Å². The van der Waals surface area contributed by atoms with Crippen molar-refractivity contribution in [3.05, 3.63) is 46.3 Å². The molecule has 0 aliphatic heterocycles. The predicted molar refractivity (Wildman–Crippen MR) is 85.3 cm³/mol. The van der Waals surface area contributed by atoms with E-state index in [0.717, 1.165) is 13.0 Å². The second-order valence-corrected chi connectivity index (χ2v) is 5.13. The summed E-state index contributed by atoms with van der Waals surface area (Å²) in [6.07, 6.45) is 0.924. The van der Waals surface area contributed by atoms with E-state index in [1.807, 2.05) is 4.90 Å². The quantitative estimate of drug-likeness (QED) is 0.832. The predicted octanol–water partition coefficient (Wildman–Crippen LogP) is 3.15. The van der Waals surface area contributed by atoms with Crippen LogP contribution in [0.25, 0.3) is 0 Å². The van der Waals surface area contributed by atoms with Crippen LogP contribution in [0.4, 0.5) is 4.39 Å². The Balaban J connectivity index is 0.00000242. The third kappa shape index (κ3) is 4.91. The van der Waals surface area contributed by atoms with E-state index in [0.29, 0.717) is 35.4 Å². The molecule has 22 heavy (non-hydrogen) atoms. The van der Waals surface area contributed by atoms with Gasteiger partial charge in [0.15, 0.2) is 5.82 Å². The number of nitrogens with zero attached hydrogens (tertiary/aromatic N) is 3. The average Bonchev–Trinajstić information content (AvgIpc) is 2.91. The summed E-state index contributed by atoms with van der Waals surface area (Å²) < 4.78 is 18.8. The fourth-order valence-electron chi connectivity index (χ4n) is 2.07. The van der Waals surface area contributed by atoms with Crippen LogP contribution in [0.3, 0.4) is 0 Å². The zero-order valence-corrected chi connectivity index (χ0v) is 13.8. The van der Waals surface area contributed by atoms with E-state index in [1.54, 1.807) is 12.1 Å². The molecule has 2 N–H and O–H groups in total. The highest BCUT2D eigenvalue weighted by Gasteiger charge is 2.15. The number of hydrogen-bond acceptors (Lipinski definition) is 5. The molecule has 122 valence electrons. The molecule has 0 saturated heterocycles. The number of benzene rings is 1. The van der Waals surface area contributed by atoms with Crippen molar-refractivity contribution in [2.75, 3.05) is 6.54 Å². The molecule has 0 spiro atoms. The molecule has 0 saturated carbocycles. The lowest BCUT2D eigenvalue weighted by Crippen LogP contribution is -2.25. The SMILES string of the molecule is CCCN(Cc1noc(CN)n1)Cc1c(F)cccc1Cl.Cl. The Labute approximate surface area is 140 Å². The minimum atomic E-state index is -0.306. The lowest BCUT2D eigenvalue weighted by Gasteiger charge is -2.20. The van der Waals surface area contributed by atoms with Crippen LogP contribution in [0.15, 0.2) is 22.7 Å². The highest BCUT2D eigenvalue weighted by atomic mass is 35.5. The summed E-state index contributed by atoms with van der Waals surface area (Å²) in [6, 6.07) is 4.69. The molecular weight excluding hydrogens is 330 g/mol. The lowest BCUT2D eigenvalue weighted by molar-refractivity contribution is 0.243. The van der Waals surface area contributed by atoms with E-state index >= 15 is 0 Å².